The molecule has 1 aromatic heterocycles. The van der Waals surface area contributed by atoms with Crippen LogP contribution in [0.1, 0.15) is 23.7 Å². The van der Waals surface area contributed by atoms with Gasteiger partial charge in [0.25, 0.3) is 5.56 Å². The van der Waals surface area contributed by atoms with Crippen molar-refractivity contribution in [2.45, 2.75) is 26.0 Å². The summed E-state index contributed by atoms with van der Waals surface area (Å²) >= 11 is 0. The minimum absolute atomic E-state index is 0.0512. The van der Waals surface area contributed by atoms with Gasteiger partial charge in [0.1, 0.15) is 11.3 Å². The Hall–Kier alpha value is -4.11. The van der Waals surface area contributed by atoms with Crippen molar-refractivity contribution in [2.75, 3.05) is 0 Å². The van der Waals surface area contributed by atoms with Crippen LogP contribution in [0.4, 0.5) is 4.39 Å². The molecule has 0 saturated heterocycles. The second-order valence-electron chi connectivity index (χ2n) is 7.92. The molecular formula is C25H22FN3O5. The van der Waals surface area contributed by atoms with E-state index >= 15 is 0 Å². The number of aliphatic hydroxyl groups is 1. The van der Waals surface area contributed by atoms with E-state index in [0.29, 0.717) is 16.7 Å². The van der Waals surface area contributed by atoms with Gasteiger partial charge < -0.3 is 14.9 Å². The first-order chi connectivity index (χ1) is 16.3. The van der Waals surface area contributed by atoms with E-state index in [-0.39, 0.29) is 24.3 Å². The lowest BCUT2D eigenvalue weighted by molar-refractivity contribution is -0.146. The first-order valence-electron chi connectivity index (χ1n) is 10.6. The number of aryl methyl sites for hydroxylation is 2. The van der Waals surface area contributed by atoms with E-state index in [0.717, 1.165) is 16.3 Å². The number of ether oxygens (including phenoxy) is 1. The molecule has 0 saturated carbocycles. The Morgan fingerprint density at radius 1 is 1.12 bits per heavy atom. The first-order valence-corrected chi connectivity index (χ1v) is 10.6. The van der Waals surface area contributed by atoms with E-state index < -0.39 is 29.4 Å². The molecule has 8 nitrogen and oxygen atoms in total. The normalized spacial score (nSPS) is 12.9. The Bertz CT molecular complexity index is 1390. The average molecular weight is 463 g/mol. The van der Waals surface area contributed by atoms with Crippen LogP contribution < -0.4 is 10.3 Å². The molecule has 0 spiro atoms. The van der Waals surface area contributed by atoms with Gasteiger partial charge in [0.15, 0.2) is 11.6 Å². The summed E-state index contributed by atoms with van der Waals surface area (Å²) in [7, 11) is 0. The van der Waals surface area contributed by atoms with E-state index in [1.165, 1.54) is 12.1 Å². The van der Waals surface area contributed by atoms with Crippen LogP contribution in [0.5, 0.6) is 11.5 Å². The number of aromatic nitrogens is 3. The van der Waals surface area contributed by atoms with Crippen molar-refractivity contribution in [3.63, 3.8) is 0 Å². The monoisotopic (exact) mass is 463 g/mol. The SMILES string of the molecule is Cc1ccc(Oc2ccc([C@@H](O)[C@H](CCn3nnc4ccccc4c3=O)C(=O)O)cc2F)cc1. The summed E-state index contributed by atoms with van der Waals surface area (Å²) < 4.78 is 21.2. The van der Waals surface area contributed by atoms with E-state index in [9.17, 15) is 24.2 Å². The number of nitrogens with zero attached hydrogens (tertiary/aromatic N) is 3. The van der Waals surface area contributed by atoms with Gasteiger partial charge in [-0.2, -0.15) is 0 Å². The number of aliphatic carboxylic acids is 1. The molecule has 9 heteroatoms. The zero-order valence-corrected chi connectivity index (χ0v) is 18.3. The fourth-order valence-corrected chi connectivity index (χ4v) is 3.60. The van der Waals surface area contributed by atoms with Gasteiger partial charge in [0.2, 0.25) is 0 Å². The number of hydrogen-bond acceptors (Lipinski definition) is 6. The Labute approximate surface area is 193 Å². The van der Waals surface area contributed by atoms with Gasteiger partial charge in [-0.05, 0) is 55.3 Å². The lowest BCUT2D eigenvalue weighted by Gasteiger charge is -2.20. The number of halogens is 1. The van der Waals surface area contributed by atoms with Crippen molar-refractivity contribution in [1.29, 1.82) is 0 Å². The fourth-order valence-electron chi connectivity index (χ4n) is 3.60. The number of carboxylic acids is 1. The lowest BCUT2D eigenvalue weighted by Crippen LogP contribution is -2.29. The molecule has 0 aliphatic heterocycles. The van der Waals surface area contributed by atoms with Crippen LogP contribution >= 0.6 is 0 Å². The van der Waals surface area contributed by atoms with Crippen molar-refractivity contribution in [3.05, 3.63) is 94.0 Å². The van der Waals surface area contributed by atoms with Crippen molar-refractivity contribution in [3.8, 4) is 11.5 Å². The highest BCUT2D eigenvalue weighted by Gasteiger charge is 2.29. The molecule has 34 heavy (non-hydrogen) atoms. The third kappa shape index (κ3) is 4.94. The number of rotatable bonds is 8. The lowest BCUT2D eigenvalue weighted by atomic mass is 9.92. The Kier molecular flexibility index (Phi) is 6.65. The largest absolute Gasteiger partial charge is 0.481 e. The highest BCUT2D eigenvalue weighted by molar-refractivity contribution is 5.76. The van der Waals surface area contributed by atoms with Crippen LogP contribution in [0.15, 0.2) is 71.5 Å². The van der Waals surface area contributed by atoms with Gasteiger partial charge in [-0.25, -0.2) is 9.07 Å². The summed E-state index contributed by atoms with van der Waals surface area (Å²) in [6, 6.07) is 17.5. The van der Waals surface area contributed by atoms with Crippen molar-refractivity contribution < 1.29 is 24.1 Å². The Morgan fingerprint density at radius 3 is 2.56 bits per heavy atom. The molecule has 0 amide bonds. The van der Waals surface area contributed by atoms with Crippen LogP contribution in [-0.4, -0.2) is 31.2 Å². The maximum Gasteiger partial charge on any atom is 0.309 e. The summed E-state index contributed by atoms with van der Waals surface area (Å²) in [6.07, 6.45) is -1.63. The third-order valence-corrected chi connectivity index (χ3v) is 5.53. The summed E-state index contributed by atoms with van der Waals surface area (Å²) in [5, 5.41) is 28.5. The molecule has 2 atom stereocenters. The van der Waals surface area contributed by atoms with Crippen molar-refractivity contribution in [1.82, 2.24) is 15.0 Å². The second kappa shape index (κ2) is 9.80. The summed E-state index contributed by atoms with van der Waals surface area (Å²) in [6.45, 7) is 1.84. The minimum Gasteiger partial charge on any atom is -0.481 e. The van der Waals surface area contributed by atoms with Gasteiger partial charge in [-0.1, -0.05) is 41.1 Å². The van der Waals surface area contributed by atoms with Crippen molar-refractivity contribution >= 4 is 16.9 Å². The van der Waals surface area contributed by atoms with E-state index in [1.807, 2.05) is 19.1 Å². The maximum absolute atomic E-state index is 14.6. The predicted molar refractivity (Wildman–Crippen MR) is 122 cm³/mol. The second-order valence-corrected chi connectivity index (χ2v) is 7.92. The van der Waals surface area contributed by atoms with Crippen LogP contribution in [0, 0.1) is 18.7 Å². The molecular weight excluding hydrogens is 441 g/mol. The van der Waals surface area contributed by atoms with Gasteiger partial charge in [0, 0.05) is 6.54 Å². The number of aliphatic hydroxyl groups excluding tert-OH is 1. The van der Waals surface area contributed by atoms with Crippen LogP contribution in [-0.2, 0) is 11.3 Å². The summed E-state index contributed by atoms with van der Waals surface area (Å²) in [5.74, 6) is -2.93. The molecule has 3 aromatic carbocycles. The standard InChI is InChI=1S/C25H22FN3O5/c1-15-6-9-17(10-7-15)34-22-11-8-16(14-20(22)26)23(30)19(25(32)33)12-13-29-24(31)18-4-2-3-5-21(18)27-28-29/h2-11,14,19,23,30H,12-13H2,1H3,(H,32,33)/t19-,23+/m0/s1. The number of fused-ring (bicyclic) bond motifs is 1. The molecule has 0 aliphatic rings. The van der Waals surface area contributed by atoms with Gasteiger partial charge in [-0.15, -0.1) is 5.10 Å². The highest BCUT2D eigenvalue weighted by atomic mass is 19.1. The third-order valence-electron chi connectivity index (χ3n) is 5.53. The van der Waals surface area contributed by atoms with Crippen LogP contribution in [0.2, 0.25) is 0 Å². The zero-order chi connectivity index (χ0) is 24.2. The molecule has 4 rings (SSSR count). The van der Waals surface area contributed by atoms with Crippen LogP contribution in [0.25, 0.3) is 10.9 Å². The van der Waals surface area contributed by atoms with Gasteiger partial charge in [-0.3, -0.25) is 9.59 Å². The van der Waals surface area contributed by atoms with Gasteiger partial charge in [0.05, 0.1) is 17.4 Å². The predicted octanol–water partition coefficient (Wildman–Crippen LogP) is 3.86. The molecule has 174 valence electrons. The molecule has 0 fully saturated rings. The number of carboxylic acid groups (broad SMARTS) is 1. The summed E-state index contributed by atoms with van der Waals surface area (Å²) in [4.78, 5) is 24.4. The smallest absolute Gasteiger partial charge is 0.309 e. The topological polar surface area (TPSA) is 115 Å². The van der Waals surface area contributed by atoms with E-state index in [4.69, 9.17) is 4.74 Å². The molecule has 2 N–H and O–H groups in total. The Morgan fingerprint density at radius 2 is 1.85 bits per heavy atom. The van der Waals surface area contributed by atoms with Crippen LogP contribution in [0.3, 0.4) is 0 Å². The first kappa shape index (κ1) is 23.1. The number of benzene rings is 3. The molecule has 4 aromatic rings. The average Bonchev–Trinajstić information content (AvgIpc) is 2.83. The van der Waals surface area contributed by atoms with Gasteiger partial charge >= 0.3 is 5.97 Å². The fraction of sp³-hybridized carbons (Fsp3) is 0.200. The number of hydrogen-bond donors (Lipinski definition) is 2. The molecule has 1 heterocycles. The van der Waals surface area contributed by atoms with E-state index in [2.05, 4.69) is 10.3 Å². The zero-order valence-electron chi connectivity index (χ0n) is 18.3. The molecule has 0 aliphatic carbocycles. The van der Waals surface area contributed by atoms with Crippen molar-refractivity contribution in [2.24, 2.45) is 5.92 Å². The number of carbonyl (C=O) groups is 1. The highest BCUT2D eigenvalue weighted by Crippen LogP contribution is 2.31. The quantitative estimate of drug-likeness (QED) is 0.408. The minimum atomic E-state index is -1.51. The maximum atomic E-state index is 14.6. The summed E-state index contributed by atoms with van der Waals surface area (Å²) in [5.41, 5.74) is 1.14. The Balaban J connectivity index is 1.50. The molecule has 0 unspecified atom stereocenters. The molecule has 0 bridgehead atoms. The van der Waals surface area contributed by atoms with E-state index in [1.54, 1.807) is 36.4 Å². The molecule has 0 radical (unpaired) electrons.